The Labute approximate surface area is 151 Å². The zero-order valence-corrected chi connectivity index (χ0v) is 14.8. The van der Waals surface area contributed by atoms with Gasteiger partial charge in [0.25, 0.3) is 0 Å². The molecule has 1 saturated heterocycles. The maximum absolute atomic E-state index is 12.0. The molecule has 2 N–H and O–H groups in total. The number of amides is 1. The van der Waals surface area contributed by atoms with Gasteiger partial charge in [-0.15, -0.1) is 0 Å². The molecule has 1 aliphatic rings. The van der Waals surface area contributed by atoms with Crippen molar-refractivity contribution in [3.05, 3.63) is 28.8 Å². The lowest BCUT2D eigenvalue weighted by Crippen LogP contribution is -2.34. The Morgan fingerprint density at radius 2 is 2.12 bits per heavy atom. The number of halogens is 1. The predicted molar refractivity (Wildman–Crippen MR) is 90.9 cm³/mol. The number of carboxylic acids is 1. The minimum Gasteiger partial charge on any atom is -0.495 e. The van der Waals surface area contributed by atoms with Gasteiger partial charge in [-0.1, -0.05) is 17.7 Å². The van der Waals surface area contributed by atoms with Crippen molar-refractivity contribution in [2.45, 2.75) is 31.4 Å². The van der Waals surface area contributed by atoms with Crippen molar-refractivity contribution in [3.63, 3.8) is 0 Å². The summed E-state index contributed by atoms with van der Waals surface area (Å²) in [6.45, 7) is 1.57. The van der Waals surface area contributed by atoms with E-state index in [1.54, 1.807) is 12.1 Å². The van der Waals surface area contributed by atoms with E-state index in [1.165, 1.54) is 13.2 Å². The first-order chi connectivity index (χ1) is 12.0. The number of hydrogen-bond donors (Lipinski definition) is 2. The van der Waals surface area contributed by atoms with Crippen LogP contribution in [-0.4, -0.2) is 50.0 Å². The Bertz CT molecular complexity index is 603. The van der Waals surface area contributed by atoms with Crippen LogP contribution < -0.4 is 10.1 Å². The molecule has 1 aromatic rings. The lowest BCUT2D eigenvalue weighted by molar-refractivity contribution is -0.142. The normalized spacial score (nSPS) is 16.2. The molecule has 0 saturated carbocycles. The third-order valence-electron chi connectivity index (χ3n) is 3.91. The molecule has 1 amide bonds. The minimum atomic E-state index is -1.18. The van der Waals surface area contributed by atoms with Crippen molar-refractivity contribution in [3.8, 4) is 5.75 Å². The molecule has 0 spiro atoms. The highest BCUT2D eigenvalue weighted by atomic mass is 35.5. The number of aliphatic carboxylic acids is 1. The molecule has 0 bridgehead atoms. The van der Waals surface area contributed by atoms with Crippen LogP contribution in [0.4, 0.5) is 0 Å². The van der Waals surface area contributed by atoms with Gasteiger partial charge in [0.2, 0.25) is 5.91 Å². The molecular formula is C17H22ClNO6. The molecule has 1 atom stereocenters. The van der Waals surface area contributed by atoms with Crippen LogP contribution in [0.2, 0.25) is 5.02 Å². The summed E-state index contributed by atoms with van der Waals surface area (Å²) in [5.41, 5.74) is 0.372. The molecule has 1 fully saturated rings. The fourth-order valence-electron chi connectivity index (χ4n) is 2.54. The molecule has 8 heteroatoms. The highest BCUT2D eigenvalue weighted by Crippen LogP contribution is 2.27. The quantitative estimate of drug-likeness (QED) is 0.727. The first kappa shape index (κ1) is 19.5. The second-order valence-electron chi connectivity index (χ2n) is 5.67. The molecule has 0 aliphatic carbocycles. The average Bonchev–Trinajstić information content (AvgIpc) is 2.60. The van der Waals surface area contributed by atoms with E-state index in [9.17, 15) is 14.7 Å². The second kappa shape index (κ2) is 9.60. The van der Waals surface area contributed by atoms with E-state index in [0.717, 1.165) is 12.8 Å². The van der Waals surface area contributed by atoms with Crippen LogP contribution in [0.15, 0.2) is 18.2 Å². The number of carbonyl (C=O) groups excluding carboxylic acids is 1. The topological polar surface area (TPSA) is 94.1 Å². The van der Waals surface area contributed by atoms with E-state index in [4.69, 9.17) is 25.8 Å². The van der Waals surface area contributed by atoms with Gasteiger partial charge in [-0.05, 0) is 30.5 Å². The van der Waals surface area contributed by atoms with Crippen molar-refractivity contribution in [2.75, 3.05) is 26.9 Å². The molecule has 1 heterocycles. The first-order valence-electron chi connectivity index (χ1n) is 8.06. The van der Waals surface area contributed by atoms with Crippen molar-refractivity contribution in [1.82, 2.24) is 5.32 Å². The van der Waals surface area contributed by atoms with Crippen LogP contribution in [0.5, 0.6) is 5.75 Å². The van der Waals surface area contributed by atoms with Gasteiger partial charge in [-0.3, -0.25) is 4.79 Å². The molecule has 1 aliphatic heterocycles. The van der Waals surface area contributed by atoms with Crippen molar-refractivity contribution in [1.29, 1.82) is 0 Å². The van der Waals surface area contributed by atoms with Crippen LogP contribution >= 0.6 is 11.6 Å². The van der Waals surface area contributed by atoms with Gasteiger partial charge in [0.15, 0.2) is 6.04 Å². The Morgan fingerprint density at radius 3 is 2.72 bits per heavy atom. The van der Waals surface area contributed by atoms with Crippen molar-refractivity contribution >= 4 is 23.5 Å². The summed E-state index contributed by atoms with van der Waals surface area (Å²) >= 11 is 6.02. The number of hydrogen-bond acceptors (Lipinski definition) is 5. The second-order valence-corrected chi connectivity index (χ2v) is 6.07. The highest BCUT2D eigenvalue weighted by Gasteiger charge is 2.23. The van der Waals surface area contributed by atoms with Crippen LogP contribution in [0, 0.1) is 0 Å². The summed E-state index contributed by atoms with van der Waals surface area (Å²) < 4.78 is 15.9. The fraction of sp³-hybridized carbons (Fsp3) is 0.529. The molecule has 25 heavy (non-hydrogen) atoms. The van der Waals surface area contributed by atoms with Gasteiger partial charge >= 0.3 is 5.97 Å². The predicted octanol–water partition coefficient (Wildman–Crippen LogP) is 2.18. The summed E-state index contributed by atoms with van der Waals surface area (Å²) in [4.78, 5) is 23.5. The number of rotatable bonds is 8. The Morgan fingerprint density at radius 1 is 1.40 bits per heavy atom. The van der Waals surface area contributed by atoms with Crippen LogP contribution in [-0.2, 0) is 19.1 Å². The SMILES string of the molecule is COc1ccc(C(NC(=O)CCOC2CCOCC2)C(=O)O)cc1Cl. The van der Waals surface area contributed by atoms with E-state index in [2.05, 4.69) is 5.32 Å². The van der Waals surface area contributed by atoms with Gasteiger partial charge in [0.1, 0.15) is 5.75 Å². The number of carbonyl (C=O) groups is 2. The van der Waals surface area contributed by atoms with E-state index >= 15 is 0 Å². The summed E-state index contributed by atoms with van der Waals surface area (Å²) in [6.07, 6.45) is 1.80. The number of nitrogens with one attached hydrogen (secondary N) is 1. The average molecular weight is 372 g/mol. The first-order valence-corrected chi connectivity index (χ1v) is 8.44. The van der Waals surface area contributed by atoms with Crippen LogP contribution in [0.1, 0.15) is 30.9 Å². The number of carboxylic acid groups (broad SMARTS) is 1. The van der Waals surface area contributed by atoms with Gasteiger partial charge in [-0.2, -0.15) is 0 Å². The molecule has 1 aromatic carbocycles. The summed E-state index contributed by atoms with van der Waals surface area (Å²) in [5, 5.41) is 12.2. The molecule has 0 radical (unpaired) electrons. The molecule has 0 aromatic heterocycles. The Balaban J connectivity index is 1.88. The monoisotopic (exact) mass is 371 g/mol. The zero-order valence-electron chi connectivity index (χ0n) is 14.0. The molecule has 7 nitrogen and oxygen atoms in total. The summed E-state index contributed by atoms with van der Waals surface area (Å²) in [5.74, 6) is -1.13. The lowest BCUT2D eigenvalue weighted by Gasteiger charge is -2.22. The number of benzene rings is 1. The maximum atomic E-state index is 12.0. The van der Waals surface area contributed by atoms with Gasteiger partial charge in [-0.25, -0.2) is 4.79 Å². The maximum Gasteiger partial charge on any atom is 0.330 e. The molecule has 1 unspecified atom stereocenters. The molecule has 138 valence electrons. The number of methoxy groups -OCH3 is 1. The van der Waals surface area contributed by atoms with E-state index < -0.39 is 17.9 Å². The number of ether oxygens (including phenoxy) is 3. The smallest absolute Gasteiger partial charge is 0.330 e. The Hall–Kier alpha value is -1.83. The summed E-state index contributed by atoms with van der Waals surface area (Å²) in [7, 11) is 1.47. The highest BCUT2D eigenvalue weighted by molar-refractivity contribution is 6.32. The van der Waals surface area contributed by atoms with E-state index in [-0.39, 0.29) is 24.2 Å². The standard InChI is InChI=1S/C17H22ClNO6/c1-23-14-3-2-11(10-13(14)18)16(17(21)22)19-15(20)6-9-25-12-4-7-24-8-5-12/h2-3,10,12,16H,4-9H2,1H3,(H,19,20)(H,21,22). The van der Waals surface area contributed by atoms with E-state index in [1.807, 2.05) is 0 Å². The largest absolute Gasteiger partial charge is 0.495 e. The third-order valence-corrected chi connectivity index (χ3v) is 4.21. The minimum absolute atomic E-state index is 0.0883. The van der Waals surface area contributed by atoms with E-state index in [0.29, 0.717) is 24.5 Å². The fourth-order valence-corrected chi connectivity index (χ4v) is 2.81. The van der Waals surface area contributed by atoms with Crippen molar-refractivity contribution < 1.29 is 28.9 Å². The molecular weight excluding hydrogens is 350 g/mol. The lowest BCUT2D eigenvalue weighted by atomic mass is 10.1. The van der Waals surface area contributed by atoms with Crippen molar-refractivity contribution in [2.24, 2.45) is 0 Å². The molecule has 2 rings (SSSR count). The van der Waals surface area contributed by atoms with Crippen LogP contribution in [0.25, 0.3) is 0 Å². The summed E-state index contributed by atoms with van der Waals surface area (Å²) in [6, 6.07) is 3.41. The van der Waals surface area contributed by atoms with Gasteiger partial charge in [0, 0.05) is 13.2 Å². The van der Waals surface area contributed by atoms with Gasteiger partial charge < -0.3 is 24.6 Å². The van der Waals surface area contributed by atoms with Crippen LogP contribution in [0.3, 0.4) is 0 Å². The Kier molecular flexibility index (Phi) is 7.49. The van der Waals surface area contributed by atoms with Gasteiger partial charge in [0.05, 0.1) is 31.3 Å². The third kappa shape index (κ3) is 5.88. The zero-order chi connectivity index (χ0) is 18.2.